The van der Waals surface area contributed by atoms with Gasteiger partial charge in [0.05, 0.1) is 12.6 Å². The first kappa shape index (κ1) is 15.8. The average molecular weight is 339 g/mol. The molecule has 3 aromatic rings. The van der Waals surface area contributed by atoms with Crippen molar-refractivity contribution in [1.82, 2.24) is 20.4 Å². The van der Waals surface area contributed by atoms with E-state index in [9.17, 15) is 8.78 Å². The van der Waals surface area contributed by atoms with Gasteiger partial charge in [-0.2, -0.15) is 4.98 Å². The second-order valence-electron chi connectivity index (χ2n) is 5.33. The molecule has 1 fully saturated rings. The lowest BCUT2D eigenvalue weighted by Crippen LogP contribution is -2.19. The second kappa shape index (κ2) is 5.82. The van der Waals surface area contributed by atoms with Crippen LogP contribution < -0.4 is 5.32 Å². The van der Waals surface area contributed by atoms with E-state index in [0.29, 0.717) is 11.5 Å². The Morgan fingerprint density at radius 2 is 2.04 bits per heavy atom. The lowest BCUT2D eigenvalue weighted by Gasteiger charge is -2.04. The molecular formula is C15H13ClF2N4O. The van der Waals surface area contributed by atoms with Crippen LogP contribution in [-0.2, 0) is 0 Å². The number of nitrogens with one attached hydrogen (secondary N) is 1. The summed E-state index contributed by atoms with van der Waals surface area (Å²) in [5.74, 6) is -2.26. The number of hydrogen-bond donors (Lipinski definition) is 1. The molecule has 1 aliphatic rings. The molecule has 0 saturated carbocycles. The summed E-state index contributed by atoms with van der Waals surface area (Å²) in [6, 6.07) is 8.97. The van der Waals surface area contributed by atoms with Crippen molar-refractivity contribution in [2.24, 2.45) is 0 Å². The zero-order valence-corrected chi connectivity index (χ0v) is 12.7. The lowest BCUT2D eigenvalue weighted by atomic mass is 10.1. The molecule has 23 heavy (non-hydrogen) atoms. The van der Waals surface area contributed by atoms with Crippen LogP contribution in [0, 0.1) is 0 Å². The van der Waals surface area contributed by atoms with Crippen LogP contribution >= 0.6 is 12.4 Å². The number of aromatic nitrogens is 3. The molecular weight excluding hydrogens is 326 g/mol. The van der Waals surface area contributed by atoms with E-state index in [-0.39, 0.29) is 31.3 Å². The normalized spacial score (nSPS) is 19.7. The summed E-state index contributed by atoms with van der Waals surface area (Å²) in [6.07, 6.45) is 1.33. The minimum Gasteiger partial charge on any atom is -0.337 e. The molecule has 0 amide bonds. The van der Waals surface area contributed by atoms with Gasteiger partial charge in [-0.1, -0.05) is 29.4 Å². The molecule has 1 unspecified atom stereocenters. The third-order valence-corrected chi connectivity index (χ3v) is 3.74. The summed E-state index contributed by atoms with van der Waals surface area (Å²) in [7, 11) is 0. The molecule has 5 nitrogen and oxygen atoms in total. The Kier molecular flexibility index (Phi) is 3.99. The van der Waals surface area contributed by atoms with Gasteiger partial charge in [0.15, 0.2) is 0 Å². The standard InChI is InChI=1S/C15H12F2N4O.ClH/c16-15(17)7-11(19-8-15)14-20-13(21-22-14)12-10-4-2-1-3-9(10)5-6-18-12;/h1-6,11,19H,7-8H2;1H. The van der Waals surface area contributed by atoms with Gasteiger partial charge in [0.1, 0.15) is 5.69 Å². The monoisotopic (exact) mass is 338 g/mol. The summed E-state index contributed by atoms with van der Waals surface area (Å²) in [5, 5.41) is 8.49. The predicted octanol–water partition coefficient (Wildman–Crippen LogP) is 3.38. The number of benzene rings is 1. The Morgan fingerprint density at radius 1 is 1.22 bits per heavy atom. The van der Waals surface area contributed by atoms with Crippen molar-refractivity contribution < 1.29 is 13.3 Å². The Labute approximate surface area is 136 Å². The number of nitrogens with zero attached hydrogens (tertiary/aromatic N) is 3. The Hall–Kier alpha value is -2.12. The van der Waals surface area contributed by atoms with Crippen LogP contribution in [-0.4, -0.2) is 27.6 Å². The Morgan fingerprint density at radius 3 is 2.83 bits per heavy atom. The third-order valence-electron chi connectivity index (χ3n) is 3.74. The molecule has 0 radical (unpaired) electrons. The minimum atomic E-state index is -2.74. The van der Waals surface area contributed by atoms with E-state index in [0.717, 1.165) is 10.8 Å². The summed E-state index contributed by atoms with van der Waals surface area (Å²) in [4.78, 5) is 8.53. The molecule has 4 rings (SSSR count). The van der Waals surface area contributed by atoms with Crippen molar-refractivity contribution in [1.29, 1.82) is 0 Å². The van der Waals surface area contributed by atoms with Gasteiger partial charge < -0.3 is 4.52 Å². The fourth-order valence-electron chi connectivity index (χ4n) is 2.66. The highest BCUT2D eigenvalue weighted by Crippen LogP contribution is 2.34. The molecule has 1 atom stereocenters. The zero-order chi connectivity index (χ0) is 15.2. The quantitative estimate of drug-likeness (QED) is 0.776. The minimum absolute atomic E-state index is 0. The van der Waals surface area contributed by atoms with E-state index in [1.807, 2.05) is 30.3 Å². The first-order valence-corrected chi connectivity index (χ1v) is 6.91. The molecule has 1 aliphatic heterocycles. The number of hydrogen-bond acceptors (Lipinski definition) is 5. The second-order valence-corrected chi connectivity index (χ2v) is 5.33. The van der Waals surface area contributed by atoms with Gasteiger partial charge in [0.2, 0.25) is 11.7 Å². The first-order chi connectivity index (χ1) is 10.6. The van der Waals surface area contributed by atoms with Gasteiger partial charge in [0.25, 0.3) is 5.92 Å². The van der Waals surface area contributed by atoms with Gasteiger partial charge in [-0.3, -0.25) is 10.3 Å². The molecule has 2 aromatic heterocycles. The summed E-state index contributed by atoms with van der Waals surface area (Å²) in [6.45, 7) is -0.373. The van der Waals surface area contributed by atoms with Crippen LogP contribution in [0.4, 0.5) is 8.78 Å². The number of alkyl halides is 2. The summed E-state index contributed by atoms with van der Waals surface area (Å²) >= 11 is 0. The smallest absolute Gasteiger partial charge is 0.262 e. The SMILES string of the molecule is Cl.FC1(F)CNC(c2nc(-c3nccc4ccccc34)no2)C1. The van der Waals surface area contributed by atoms with Crippen LogP contribution in [0.25, 0.3) is 22.3 Å². The number of pyridine rings is 1. The van der Waals surface area contributed by atoms with E-state index >= 15 is 0 Å². The van der Waals surface area contributed by atoms with Crippen LogP contribution in [0.5, 0.6) is 0 Å². The predicted molar refractivity (Wildman–Crippen MR) is 82.6 cm³/mol. The van der Waals surface area contributed by atoms with Crippen LogP contribution in [0.3, 0.4) is 0 Å². The number of halogens is 3. The molecule has 120 valence electrons. The Balaban J connectivity index is 0.00000156. The topological polar surface area (TPSA) is 63.8 Å². The maximum absolute atomic E-state index is 13.3. The van der Waals surface area contributed by atoms with E-state index in [2.05, 4.69) is 20.4 Å². The van der Waals surface area contributed by atoms with Gasteiger partial charge in [-0.05, 0) is 11.5 Å². The largest absolute Gasteiger partial charge is 0.337 e. The van der Waals surface area contributed by atoms with Crippen molar-refractivity contribution in [3.05, 3.63) is 42.4 Å². The molecule has 8 heteroatoms. The zero-order valence-electron chi connectivity index (χ0n) is 11.9. The highest BCUT2D eigenvalue weighted by atomic mass is 35.5. The molecule has 0 bridgehead atoms. The first-order valence-electron chi connectivity index (χ1n) is 6.91. The summed E-state index contributed by atoms with van der Waals surface area (Å²) < 4.78 is 31.7. The fourth-order valence-corrected chi connectivity index (χ4v) is 2.66. The van der Waals surface area contributed by atoms with Crippen LogP contribution in [0.1, 0.15) is 18.4 Å². The van der Waals surface area contributed by atoms with Gasteiger partial charge >= 0.3 is 0 Å². The highest BCUT2D eigenvalue weighted by molar-refractivity contribution is 5.92. The average Bonchev–Trinajstić information content (AvgIpc) is 3.13. The number of fused-ring (bicyclic) bond motifs is 1. The van der Waals surface area contributed by atoms with Crippen molar-refractivity contribution in [2.75, 3.05) is 6.54 Å². The molecule has 1 aromatic carbocycles. The molecule has 1 saturated heterocycles. The van der Waals surface area contributed by atoms with Gasteiger partial charge in [-0.25, -0.2) is 8.78 Å². The van der Waals surface area contributed by atoms with Crippen molar-refractivity contribution in [2.45, 2.75) is 18.4 Å². The fraction of sp³-hybridized carbons (Fsp3) is 0.267. The molecule has 0 spiro atoms. The molecule has 3 heterocycles. The maximum atomic E-state index is 13.3. The maximum Gasteiger partial charge on any atom is 0.262 e. The van der Waals surface area contributed by atoms with Crippen LogP contribution in [0.15, 0.2) is 41.1 Å². The van der Waals surface area contributed by atoms with E-state index in [1.165, 1.54) is 0 Å². The number of rotatable bonds is 2. The summed E-state index contributed by atoms with van der Waals surface area (Å²) in [5.41, 5.74) is 0.581. The van der Waals surface area contributed by atoms with Crippen LogP contribution in [0.2, 0.25) is 0 Å². The Bertz CT molecular complexity index is 834. The third kappa shape index (κ3) is 2.89. The van der Waals surface area contributed by atoms with Gasteiger partial charge in [-0.15, -0.1) is 12.4 Å². The van der Waals surface area contributed by atoms with E-state index in [1.54, 1.807) is 6.20 Å². The van der Waals surface area contributed by atoms with E-state index in [4.69, 9.17) is 4.52 Å². The van der Waals surface area contributed by atoms with Gasteiger partial charge in [0, 0.05) is 18.0 Å². The van der Waals surface area contributed by atoms with Crippen molar-refractivity contribution in [3.63, 3.8) is 0 Å². The van der Waals surface area contributed by atoms with Crippen molar-refractivity contribution >= 4 is 23.2 Å². The highest BCUT2D eigenvalue weighted by Gasteiger charge is 2.42. The lowest BCUT2D eigenvalue weighted by molar-refractivity contribution is 0.0200. The molecule has 1 N–H and O–H groups in total. The van der Waals surface area contributed by atoms with E-state index < -0.39 is 12.0 Å². The van der Waals surface area contributed by atoms with Crippen molar-refractivity contribution in [3.8, 4) is 11.5 Å². The molecule has 0 aliphatic carbocycles.